The van der Waals surface area contributed by atoms with Crippen LogP contribution in [0, 0.1) is 5.82 Å². The number of nitrogen functional groups attached to an aromatic ring is 1. The average molecular weight is 337 g/mol. The van der Waals surface area contributed by atoms with E-state index in [2.05, 4.69) is 0 Å². The molecule has 0 spiro atoms. The molecule has 1 aromatic carbocycles. The molecule has 0 bridgehead atoms. The number of nitrogens with two attached hydrogens (primary N) is 1. The molecule has 1 unspecified atom stereocenters. The highest BCUT2D eigenvalue weighted by Crippen LogP contribution is 2.31. The molecule has 0 saturated carbocycles. The predicted molar refractivity (Wildman–Crippen MR) is 79.1 cm³/mol. The summed E-state index contributed by atoms with van der Waals surface area (Å²) in [7, 11) is -3.86. The third-order valence-electron chi connectivity index (χ3n) is 3.69. The highest BCUT2D eigenvalue weighted by Gasteiger charge is 2.33. The molecule has 0 aliphatic carbocycles. The monoisotopic (exact) mass is 336 g/mol. The standard InChI is InChI=1S/C13H18ClFN2O3S/c1-13(18)3-2-5-17(6-4-13)21(19,20)12-8-11(16)10(15)7-9(12)14/h7-8,18H,2-6,16H2,1H3. The van der Waals surface area contributed by atoms with Crippen LogP contribution >= 0.6 is 11.6 Å². The summed E-state index contributed by atoms with van der Waals surface area (Å²) in [4.78, 5) is -0.204. The molecule has 1 saturated heterocycles. The van der Waals surface area contributed by atoms with E-state index in [9.17, 15) is 17.9 Å². The third-order valence-corrected chi connectivity index (χ3v) is 6.06. The summed E-state index contributed by atoms with van der Waals surface area (Å²) < 4.78 is 39.8. The summed E-state index contributed by atoms with van der Waals surface area (Å²) in [5.74, 6) is -0.752. The SMILES string of the molecule is CC1(O)CCCN(S(=O)(=O)c2cc(N)c(F)cc2Cl)CC1. The van der Waals surface area contributed by atoms with E-state index in [1.807, 2.05) is 0 Å². The van der Waals surface area contributed by atoms with Gasteiger partial charge in [-0.25, -0.2) is 12.8 Å². The molecule has 0 amide bonds. The normalized spacial score (nSPS) is 24.8. The van der Waals surface area contributed by atoms with Gasteiger partial charge in [0.2, 0.25) is 10.0 Å². The summed E-state index contributed by atoms with van der Waals surface area (Å²) >= 11 is 5.85. The van der Waals surface area contributed by atoms with Gasteiger partial charge in [0, 0.05) is 13.1 Å². The van der Waals surface area contributed by atoms with Crippen molar-refractivity contribution in [1.29, 1.82) is 0 Å². The molecular weight excluding hydrogens is 319 g/mol. The van der Waals surface area contributed by atoms with Crippen LogP contribution in [0.25, 0.3) is 0 Å². The Labute approximate surface area is 128 Å². The lowest BCUT2D eigenvalue weighted by molar-refractivity contribution is 0.0465. The largest absolute Gasteiger partial charge is 0.396 e. The first-order valence-corrected chi connectivity index (χ1v) is 8.42. The van der Waals surface area contributed by atoms with Gasteiger partial charge in [-0.2, -0.15) is 4.31 Å². The Kier molecular flexibility index (Phi) is 4.49. The number of nitrogens with zero attached hydrogens (tertiary/aromatic N) is 1. The van der Waals surface area contributed by atoms with Crippen molar-refractivity contribution >= 4 is 27.3 Å². The van der Waals surface area contributed by atoms with E-state index < -0.39 is 21.4 Å². The summed E-state index contributed by atoms with van der Waals surface area (Å²) in [6, 6.07) is 1.94. The number of hydrogen-bond donors (Lipinski definition) is 2. The van der Waals surface area contributed by atoms with Gasteiger partial charge in [0.25, 0.3) is 0 Å². The van der Waals surface area contributed by atoms with Crippen LogP contribution in [0.4, 0.5) is 10.1 Å². The van der Waals surface area contributed by atoms with E-state index in [1.54, 1.807) is 6.92 Å². The average Bonchev–Trinajstić information content (AvgIpc) is 2.55. The first-order valence-electron chi connectivity index (χ1n) is 6.60. The summed E-state index contributed by atoms with van der Waals surface area (Å²) in [5, 5.41) is 9.83. The lowest BCUT2D eigenvalue weighted by Crippen LogP contribution is -2.33. The molecule has 1 aliphatic heterocycles. The summed E-state index contributed by atoms with van der Waals surface area (Å²) in [6.07, 6.45) is 1.40. The minimum absolute atomic E-state index is 0.183. The van der Waals surface area contributed by atoms with Crippen LogP contribution in [0.5, 0.6) is 0 Å². The number of rotatable bonds is 2. The fraction of sp³-hybridized carbons (Fsp3) is 0.538. The van der Waals surface area contributed by atoms with Crippen molar-refractivity contribution in [2.75, 3.05) is 18.8 Å². The van der Waals surface area contributed by atoms with Crippen LogP contribution in [0.1, 0.15) is 26.2 Å². The Bertz CT molecular complexity index is 649. The van der Waals surface area contributed by atoms with Gasteiger partial charge in [-0.1, -0.05) is 11.6 Å². The maximum Gasteiger partial charge on any atom is 0.244 e. The van der Waals surface area contributed by atoms with Crippen LogP contribution in [0.15, 0.2) is 17.0 Å². The second kappa shape index (κ2) is 5.72. The van der Waals surface area contributed by atoms with E-state index in [-0.39, 0.29) is 28.7 Å². The third kappa shape index (κ3) is 3.48. The fourth-order valence-corrected chi connectivity index (χ4v) is 4.36. The molecule has 8 heteroatoms. The van der Waals surface area contributed by atoms with Crippen molar-refractivity contribution in [1.82, 2.24) is 4.31 Å². The van der Waals surface area contributed by atoms with Gasteiger partial charge in [0.05, 0.1) is 16.3 Å². The van der Waals surface area contributed by atoms with Crippen molar-refractivity contribution in [2.24, 2.45) is 0 Å². The van der Waals surface area contributed by atoms with Crippen LogP contribution in [-0.2, 0) is 10.0 Å². The van der Waals surface area contributed by atoms with E-state index in [0.29, 0.717) is 19.3 Å². The molecule has 118 valence electrons. The first-order chi connectivity index (χ1) is 9.63. The van der Waals surface area contributed by atoms with Crippen molar-refractivity contribution in [3.05, 3.63) is 23.0 Å². The second-order valence-electron chi connectivity index (χ2n) is 5.56. The lowest BCUT2D eigenvalue weighted by Gasteiger charge is -2.22. The van der Waals surface area contributed by atoms with Crippen molar-refractivity contribution in [3.63, 3.8) is 0 Å². The van der Waals surface area contributed by atoms with Gasteiger partial charge >= 0.3 is 0 Å². The molecular formula is C13H18ClFN2O3S. The maximum absolute atomic E-state index is 13.3. The molecule has 0 radical (unpaired) electrons. The zero-order chi connectivity index (χ0) is 15.8. The summed E-state index contributed by atoms with van der Waals surface area (Å²) in [5.41, 5.74) is 4.29. The molecule has 0 aromatic heterocycles. The van der Waals surface area contributed by atoms with Crippen LogP contribution < -0.4 is 5.73 Å². The van der Waals surface area contributed by atoms with Gasteiger partial charge in [-0.05, 0) is 38.3 Å². The molecule has 1 atom stereocenters. The Hall–Kier alpha value is -0.890. The Morgan fingerprint density at radius 3 is 2.71 bits per heavy atom. The van der Waals surface area contributed by atoms with Crippen molar-refractivity contribution < 1.29 is 17.9 Å². The van der Waals surface area contributed by atoms with Crippen LogP contribution in [-0.4, -0.2) is 36.5 Å². The van der Waals surface area contributed by atoms with Gasteiger partial charge in [0.1, 0.15) is 10.7 Å². The fourth-order valence-electron chi connectivity index (χ4n) is 2.36. The molecule has 3 N–H and O–H groups in total. The van der Waals surface area contributed by atoms with Crippen molar-refractivity contribution in [2.45, 2.75) is 36.7 Å². The minimum Gasteiger partial charge on any atom is -0.396 e. The first kappa shape index (κ1) is 16.5. The van der Waals surface area contributed by atoms with E-state index in [4.69, 9.17) is 17.3 Å². The predicted octanol–water partition coefficient (Wildman–Crippen LogP) is 1.99. The molecule has 21 heavy (non-hydrogen) atoms. The van der Waals surface area contributed by atoms with Gasteiger partial charge in [-0.3, -0.25) is 0 Å². The van der Waals surface area contributed by atoms with E-state index in [1.165, 1.54) is 4.31 Å². The number of hydrogen-bond acceptors (Lipinski definition) is 4. The van der Waals surface area contributed by atoms with Crippen LogP contribution in [0.3, 0.4) is 0 Å². The zero-order valence-corrected chi connectivity index (χ0v) is 13.2. The number of aliphatic hydroxyl groups is 1. The minimum atomic E-state index is -3.86. The Morgan fingerprint density at radius 1 is 1.38 bits per heavy atom. The Morgan fingerprint density at radius 2 is 2.05 bits per heavy atom. The molecule has 1 aliphatic rings. The van der Waals surface area contributed by atoms with Crippen LogP contribution in [0.2, 0.25) is 5.02 Å². The van der Waals surface area contributed by atoms with E-state index in [0.717, 1.165) is 12.1 Å². The smallest absolute Gasteiger partial charge is 0.244 e. The maximum atomic E-state index is 13.3. The molecule has 1 aromatic rings. The number of halogens is 2. The number of sulfonamides is 1. The van der Waals surface area contributed by atoms with E-state index >= 15 is 0 Å². The van der Waals surface area contributed by atoms with Gasteiger partial charge in [-0.15, -0.1) is 0 Å². The lowest BCUT2D eigenvalue weighted by atomic mass is 9.98. The highest BCUT2D eigenvalue weighted by atomic mass is 35.5. The summed E-state index contributed by atoms with van der Waals surface area (Å²) in [6.45, 7) is 2.15. The molecule has 1 heterocycles. The molecule has 2 rings (SSSR count). The molecule has 1 fully saturated rings. The van der Waals surface area contributed by atoms with Gasteiger partial charge in [0.15, 0.2) is 0 Å². The number of anilines is 1. The Balaban J connectivity index is 2.36. The second-order valence-corrected chi connectivity index (χ2v) is 7.87. The zero-order valence-electron chi connectivity index (χ0n) is 11.6. The highest BCUT2D eigenvalue weighted by molar-refractivity contribution is 7.89. The topological polar surface area (TPSA) is 83.6 Å². The van der Waals surface area contributed by atoms with Crippen molar-refractivity contribution in [3.8, 4) is 0 Å². The molecule has 5 nitrogen and oxygen atoms in total. The van der Waals surface area contributed by atoms with Gasteiger partial charge < -0.3 is 10.8 Å². The number of benzene rings is 1. The quantitative estimate of drug-likeness (QED) is 0.809.